The number of carbonyl (C=O) groups excluding carboxylic acids is 1. The van der Waals surface area contributed by atoms with Crippen molar-refractivity contribution in [3.8, 4) is 0 Å². The molecule has 1 fully saturated rings. The van der Waals surface area contributed by atoms with E-state index in [1.807, 2.05) is 20.9 Å². The van der Waals surface area contributed by atoms with Gasteiger partial charge in [0, 0.05) is 12.6 Å². The Morgan fingerprint density at radius 2 is 1.94 bits per heavy atom. The molecule has 4 nitrogen and oxygen atoms in total. The molecule has 17 heavy (non-hydrogen) atoms. The molecular weight excluding hydrogens is 214 g/mol. The molecule has 1 aliphatic rings. The largest absolute Gasteiger partial charge is 0.355 e. The number of amides is 1. The minimum absolute atomic E-state index is 0.0146. The van der Waals surface area contributed by atoms with Crippen LogP contribution in [0.5, 0.6) is 0 Å². The van der Waals surface area contributed by atoms with Crippen molar-refractivity contribution in [3.05, 3.63) is 0 Å². The Hall–Kier alpha value is -0.610. The van der Waals surface area contributed by atoms with Gasteiger partial charge in [-0.25, -0.2) is 0 Å². The van der Waals surface area contributed by atoms with Crippen molar-refractivity contribution in [1.29, 1.82) is 0 Å². The van der Waals surface area contributed by atoms with Crippen LogP contribution >= 0.6 is 0 Å². The van der Waals surface area contributed by atoms with Gasteiger partial charge in [-0.3, -0.25) is 9.69 Å². The van der Waals surface area contributed by atoms with Gasteiger partial charge in [0.1, 0.15) is 0 Å². The van der Waals surface area contributed by atoms with Crippen LogP contribution in [0.25, 0.3) is 0 Å². The quantitative estimate of drug-likeness (QED) is 0.749. The molecule has 0 aromatic carbocycles. The summed E-state index contributed by atoms with van der Waals surface area (Å²) in [5, 5.41) is 6.22. The predicted molar refractivity (Wildman–Crippen MR) is 71.0 cm³/mol. The maximum atomic E-state index is 11.7. The lowest BCUT2D eigenvalue weighted by atomic mass is 9.90. The van der Waals surface area contributed by atoms with Crippen LogP contribution in [0.15, 0.2) is 0 Å². The normalized spacial score (nSPS) is 22.1. The summed E-state index contributed by atoms with van der Waals surface area (Å²) in [6.45, 7) is 9.01. The van der Waals surface area contributed by atoms with Gasteiger partial charge in [-0.1, -0.05) is 0 Å². The van der Waals surface area contributed by atoms with Crippen LogP contribution in [0.3, 0.4) is 0 Å². The molecule has 0 aliphatic carbocycles. The highest BCUT2D eigenvalue weighted by molar-refractivity contribution is 5.81. The summed E-state index contributed by atoms with van der Waals surface area (Å²) in [7, 11) is 2.02. The molecule has 0 saturated carbocycles. The van der Waals surface area contributed by atoms with Crippen molar-refractivity contribution in [2.75, 3.05) is 26.7 Å². The van der Waals surface area contributed by atoms with E-state index in [2.05, 4.69) is 22.5 Å². The Kier molecular flexibility index (Phi) is 5.92. The highest BCUT2D eigenvalue weighted by Crippen LogP contribution is 2.21. The van der Waals surface area contributed by atoms with Crippen LogP contribution in [0, 0.1) is 5.92 Å². The van der Waals surface area contributed by atoms with E-state index in [9.17, 15) is 4.79 Å². The van der Waals surface area contributed by atoms with Gasteiger partial charge in [-0.2, -0.15) is 0 Å². The topological polar surface area (TPSA) is 44.4 Å². The smallest absolute Gasteiger partial charge is 0.237 e. The highest BCUT2D eigenvalue weighted by atomic mass is 16.2. The number of hydrogen-bond acceptors (Lipinski definition) is 3. The summed E-state index contributed by atoms with van der Waals surface area (Å²) < 4.78 is 0. The molecule has 0 aromatic heterocycles. The van der Waals surface area contributed by atoms with Crippen molar-refractivity contribution >= 4 is 5.91 Å². The number of likely N-dealkylation sites (N-methyl/N-ethyl adjacent to an activating group) is 1. The van der Waals surface area contributed by atoms with Gasteiger partial charge in [0.25, 0.3) is 0 Å². The number of hydrogen-bond donors (Lipinski definition) is 2. The van der Waals surface area contributed by atoms with Crippen molar-refractivity contribution in [2.45, 2.75) is 45.7 Å². The third-order valence-electron chi connectivity index (χ3n) is 4.01. The zero-order chi connectivity index (χ0) is 12.8. The van der Waals surface area contributed by atoms with Gasteiger partial charge in [0.05, 0.1) is 6.04 Å². The third kappa shape index (κ3) is 3.96. The van der Waals surface area contributed by atoms with Crippen molar-refractivity contribution in [2.24, 2.45) is 5.92 Å². The minimum atomic E-state index is 0.0146. The molecule has 2 atom stereocenters. The highest BCUT2D eigenvalue weighted by Gasteiger charge is 2.28. The molecular formula is C13H27N3O. The molecule has 1 rings (SSSR count). The molecule has 0 bridgehead atoms. The van der Waals surface area contributed by atoms with Gasteiger partial charge >= 0.3 is 0 Å². The van der Waals surface area contributed by atoms with E-state index in [0.717, 1.165) is 25.6 Å². The Labute approximate surface area is 105 Å². The molecule has 0 aromatic rings. The number of carbonyl (C=O) groups is 1. The first-order chi connectivity index (χ1) is 8.10. The maximum Gasteiger partial charge on any atom is 0.237 e. The van der Waals surface area contributed by atoms with Gasteiger partial charge in [0.15, 0.2) is 0 Å². The zero-order valence-corrected chi connectivity index (χ0v) is 11.6. The Balaban J connectivity index is 2.38. The van der Waals surface area contributed by atoms with Crippen molar-refractivity contribution in [3.63, 3.8) is 0 Å². The van der Waals surface area contributed by atoms with E-state index < -0.39 is 0 Å². The molecule has 1 amide bonds. The summed E-state index contributed by atoms with van der Waals surface area (Å²) in [6.07, 6.45) is 2.37. The molecule has 4 heteroatoms. The van der Waals surface area contributed by atoms with Gasteiger partial charge in [-0.15, -0.1) is 0 Å². The first kappa shape index (κ1) is 14.5. The van der Waals surface area contributed by atoms with Crippen LogP contribution in [-0.4, -0.2) is 49.6 Å². The fraction of sp³-hybridized carbons (Fsp3) is 0.923. The number of nitrogens with one attached hydrogen (secondary N) is 2. The SMILES string of the molecule is CCNC(=O)C(C)N1CCC(C(C)NC)CC1. The molecule has 0 spiro atoms. The molecule has 2 N–H and O–H groups in total. The summed E-state index contributed by atoms with van der Waals surface area (Å²) in [6, 6.07) is 0.595. The van der Waals surface area contributed by atoms with Gasteiger partial charge in [-0.05, 0) is 59.7 Å². The monoisotopic (exact) mass is 241 g/mol. The lowest BCUT2D eigenvalue weighted by Crippen LogP contribution is -2.49. The van der Waals surface area contributed by atoms with Crippen LogP contribution in [0.4, 0.5) is 0 Å². The zero-order valence-electron chi connectivity index (χ0n) is 11.6. The third-order valence-corrected chi connectivity index (χ3v) is 4.01. The van der Waals surface area contributed by atoms with Crippen LogP contribution in [-0.2, 0) is 4.79 Å². The Morgan fingerprint density at radius 3 is 2.41 bits per heavy atom. The van der Waals surface area contributed by atoms with Crippen molar-refractivity contribution in [1.82, 2.24) is 15.5 Å². The van der Waals surface area contributed by atoms with Crippen LogP contribution < -0.4 is 10.6 Å². The average molecular weight is 241 g/mol. The Morgan fingerprint density at radius 1 is 1.35 bits per heavy atom. The molecule has 100 valence electrons. The summed E-state index contributed by atoms with van der Waals surface area (Å²) in [4.78, 5) is 14.0. The molecule has 1 heterocycles. The van der Waals surface area contributed by atoms with Crippen LogP contribution in [0.2, 0.25) is 0 Å². The number of piperidine rings is 1. The standard InChI is InChI=1S/C13H27N3O/c1-5-15-13(17)11(3)16-8-6-12(7-9-16)10(2)14-4/h10-12,14H,5-9H2,1-4H3,(H,15,17). The number of nitrogens with zero attached hydrogens (tertiary/aromatic N) is 1. The average Bonchev–Trinajstić information content (AvgIpc) is 2.37. The Bertz CT molecular complexity index is 237. The number of rotatable bonds is 5. The molecule has 1 saturated heterocycles. The maximum absolute atomic E-state index is 11.7. The lowest BCUT2D eigenvalue weighted by molar-refractivity contribution is -0.126. The summed E-state index contributed by atoms with van der Waals surface area (Å²) in [5.41, 5.74) is 0. The lowest BCUT2D eigenvalue weighted by Gasteiger charge is -2.37. The fourth-order valence-electron chi connectivity index (χ4n) is 2.53. The molecule has 0 radical (unpaired) electrons. The first-order valence-electron chi connectivity index (χ1n) is 6.79. The first-order valence-corrected chi connectivity index (χ1v) is 6.79. The van der Waals surface area contributed by atoms with E-state index in [1.165, 1.54) is 12.8 Å². The van der Waals surface area contributed by atoms with E-state index >= 15 is 0 Å². The van der Waals surface area contributed by atoms with E-state index in [1.54, 1.807) is 0 Å². The molecule has 1 aliphatic heterocycles. The van der Waals surface area contributed by atoms with Crippen LogP contribution in [0.1, 0.15) is 33.6 Å². The van der Waals surface area contributed by atoms with Gasteiger partial charge in [0.2, 0.25) is 5.91 Å². The second kappa shape index (κ2) is 6.97. The minimum Gasteiger partial charge on any atom is -0.355 e. The van der Waals surface area contributed by atoms with E-state index in [0.29, 0.717) is 6.04 Å². The second-order valence-corrected chi connectivity index (χ2v) is 5.02. The summed E-state index contributed by atoms with van der Waals surface area (Å²) >= 11 is 0. The number of likely N-dealkylation sites (tertiary alicyclic amines) is 1. The van der Waals surface area contributed by atoms with Gasteiger partial charge < -0.3 is 10.6 Å². The molecule has 2 unspecified atom stereocenters. The predicted octanol–water partition coefficient (Wildman–Crippen LogP) is 0.831. The fourth-order valence-corrected chi connectivity index (χ4v) is 2.53. The van der Waals surface area contributed by atoms with E-state index in [-0.39, 0.29) is 11.9 Å². The van der Waals surface area contributed by atoms with E-state index in [4.69, 9.17) is 0 Å². The summed E-state index contributed by atoms with van der Waals surface area (Å²) in [5.74, 6) is 0.908. The van der Waals surface area contributed by atoms with Crippen molar-refractivity contribution < 1.29 is 4.79 Å². The second-order valence-electron chi connectivity index (χ2n) is 5.02.